The van der Waals surface area contributed by atoms with Crippen LogP contribution in [0.2, 0.25) is 0 Å². The second-order valence-electron chi connectivity index (χ2n) is 46.3. The standard InChI is InChI=1S/C14H20O2.C14H22.C13H18O.C13H20.C12H16O3.C12H18O.2C12H18.C11H17N.C11H16/c1-6-10-9-11(14(2,3)4)7-8-12(10)13(15)16-5;1-10(2)13-9-12(14(4,5)6)8-7-11(13)3;1-5-12(14)10-7-6-8-11(9-10)13(2,3)4;1-6-11-9-12(13(3,4)5)8-7-10(11)2;1-12(2,3)10-6-4-5-8(11(14)15)9(10)7-13;1-9-6-7-10(12(2,3)4)8-11(9)13-5;2*1-9-6-7-11(8-10(9)2)12(3,4)5;1-8-5-6-9(7-10(8)12)11(2,3)4;1-9-5-7-10(8-6-9)11(2,3)4/h7-9H,6H2,1-5H3;7-10H,1-6H3;6-9H,5H2,1-4H3;7-9H,6H2,1-5H3;4-6,13H,7H2,1-3H3,(H,14,15);6-8H,1-5H3;2*6-8H,1-5H3;5-7H,12H2,1-4H3;5-8H,1-4H3. The maximum atomic E-state index is 11.5. The molecule has 0 atom stereocenters. The van der Waals surface area contributed by atoms with Gasteiger partial charge in [-0.1, -0.05) is 412 Å². The van der Waals surface area contributed by atoms with E-state index in [1.807, 2.05) is 77.9 Å². The Morgan fingerprint density at radius 3 is 1.03 bits per heavy atom. The number of aliphatic hydroxyl groups excluding tert-OH is 1. The van der Waals surface area contributed by atoms with Crippen LogP contribution in [0.3, 0.4) is 0 Å². The Labute approximate surface area is 807 Å². The number of nitrogen functional groups attached to an aromatic ring is 1. The van der Waals surface area contributed by atoms with Crippen LogP contribution in [-0.4, -0.2) is 42.2 Å². The van der Waals surface area contributed by atoms with Crippen LogP contribution in [0.15, 0.2) is 194 Å². The number of ketones is 1. The minimum Gasteiger partial charge on any atom is -0.496 e. The predicted molar refractivity (Wildman–Crippen MR) is 577 cm³/mol. The third-order valence-corrected chi connectivity index (χ3v) is 23.9. The summed E-state index contributed by atoms with van der Waals surface area (Å²) in [5.74, 6) is 0.572. The number of ether oxygens (including phenoxy) is 2. The average molecular weight is 1800 g/mol. The van der Waals surface area contributed by atoms with Crippen LogP contribution in [0, 0.1) is 62.3 Å². The molecule has 4 N–H and O–H groups in total. The van der Waals surface area contributed by atoms with Crippen molar-refractivity contribution in [3.63, 3.8) is 0 Å². The number of carbonyl (C=O) groups excluding carboxylic acids is 2. The second kappa shape index (κ2) is 51.7. The molecule has 0 aliphatic rings. The molecule has 0 aliphatic carbocycles. The summed E-state index contributed by atoms with van der Waals surface area (Å²) in [6.45, 7) is 95.6. The first-order valence-electron chi connectivity index (χ1n) is 47.9. The quantitative estimate of drug-likeness (QED) is 0.0738. The lowest BCUT2D eigenvalue weighted by atomic mass is 9.82. The van der Waals surface area contributed by atoms with Crippen molar-refractivity contribution < 1.29 is 34.1 Å². The number of hydrogen-bond acceptors (Lipinski definition) is 7. The van der Waals surface area contributed by atoms with Gasteiger partial charge in [-0.05, 0) is 288 Å². The van der Waals surface area contributed by atoms with Gasteiger partial charge in [-0.15, -0.1) is 0 Å². The second-order valence-corrected chi connectivity index (χ2v) is 46.3. The first-order valence-corrected chi connectivity index (χ1v) is 47.9. The third kappa shape index (κ3) is 41.5. The van der Waals surface area contributed by atoms with Crippen molar-refractivity contribution in [1.29, 1.82) is 0 Å². The van der Waals surface area contributed by atoms with Gasteiger partial charge in [0.05, 0.1) is 32.0 Å². The van der Waals surface area contributed by atoms with E-state index in [0.717, 1.165) is 46.5 Å². The SMILES string of the molecule is CC(C)(C)c1cccc(C(=O)O)c1CO.CCC(=O)c1cccc(C(C)(C)C)c1.CCc1cc(C(C)(C)C)ccc1C.CCc1cc(C(C)(C)C)ccc1C(=O)OC.COc1cc(C(C)(C)C)ccc1C.Cc1ccc(C(C)(C)C)cc1.Cc1ccc(C(C)(C)C)cc1C.Cc1ccc(C(C)(C)C)cc1C.Cc1ccc(C(C)(C)C)cc1C(C)C.Cc1ccc(C(C)(C)C)cc1N. The van der Waals surface area contributed by atoms with Crippen LogP contribution in [0.1, 0.15) is 414 Å². The fourth-order valence-corrected chi connectivity index (χ4v) is 13.8. The van der Waals surface area contributed by atoms with E-state index in [9.17, 15) is 19.5 Å². The number of rotatable bonds is 9. The molecule has 0 amide bonds. The minimum absolute atomic E-state index is 0.110. The lowest BCUT2D eigenvalue weighted by molar-refractivity contribution is 0.0598. The van der Waals surface area contributed by atoms with Crippen molar-refractivity contribution in [1.82, 2.24) is 0 Å². The number of Topliss-reactive ketones (excluding diaryl/α,β-unsaturated/α-hetero) is 1. The summed E-state index contributed by atoms with van der Waals surface area (Å²) in [7, 11) is 3.13. The fraction of sp³-hybridized carbons (Fsp3) is 0.492. The highest BCUT2D eigenvalue weighted by Crippen LogP contribution is 2.35. The molecule has 0 saturated heterocycles. The summed E-state index contributed by atoms with van der Waals surface area (Å²) < 4.78 is 10.0. The summed E-state index contributed by atoms with van der Waals surface area (Å²) in [4.78, 5) is 34.0. The van der Waals surface area contributed by atoms with E-state index < -0.39 is 5.97 Å². The zero-order valence-corrected chi connectivity index (χ0v) is 91.9. The van der Waals surface area contributed by atoms with Crippen molar-refractivity contribution in [3.05, 3.63) is 339 Å². The van der Waals surface area contributed by atoms with Gasteiger partial charge in [0, 0.05) is 17.7 Å². The Morgan fingerprint density at radius 1 is 0.333 bits per heavy atom. The molecular weight excluding hydrogens is 1620 g/mol. The molecule has 10 aromatic carbocycles. The van der Waals surface area contributed by atoms with Gasteiger partial charge < -0.3 is 25.4 Å². The summed E-state index contributed by atoms with van der Waals surface area (Å²) in [5, 5.41) is 18.2. The van der Waals surface area contributed by atoms with Gasteiger partial charge in [0.1, 0.15) is 5.75 Å². The summed E-state index contributed by atoms with van der Waals surface area (Å²) in [6.07, 6.45) is 2.55. The van der Waals surface area contributed by atoms with Crippen LogP contribution in [0.4, 0.5) is 5.69 Å². The number of hydrogen-bond donors (Lipinski definition) is 3. The molecule has 0 saturated carbocycles. The van der Waals surface area contributed by atoms with Gasteiger partial charge in [0.25, 0.3) is 0 Å². The number of aryl methyl sites for hydroxylation is 11. The lowest BCUT2D eigenvalue weighted by Gasteiger charge is -2.23. The van der Waals surface area contributed by atoms with E-state index in [4.69, 9.17) is 20.3 Å². The Kier molecular flexibility index (Phi) is 47.2. The third-order valence-electron chi connectivity index (χ3n) is 23.9. The number of methoxy groups -OCH3 is 2. The Hall–Kier alpha value is -9.63. The molecule has 8 heteroatoms. The fourth-order valence-electron chi connectivity index (χ4n) is 13.8. The molecule has 0 unspecified atom stereocenters. The number of carboxylic acid groups (broad SMARTS) is 1. The molecule has 0 aliphatic heterocycles. The minimum atomic E-state index is -0.995. The van der Waals surface area contributed by atoms with Gasteiger partial charge >= 0.3 is 11.9 Å². The molecule has 0 radical (unpaired) electrons. The van der Waals surface area contributed by atoms with E-state index in [1.54, 1.807) is 13.2 Å². The summed E-state index contributed by atoms with van der Waals surface area (Å²) in [6, 6.07) is 67.5. The van der Waals surface area contributed by atoms with Crippen LogP contribution in [-0.2, 0) is 78.3 Å². The maximum Gasteiger partial charge on any atom is 0.338 e. The molecule has 0 aromatic heterocycles. The highest BCUT2D eigenvalue weighted by Gasteiger charge is 2.25. The number of carbonyl (C=O) groups is 3. The van der Waals surface area contributed by atoms with Crippen LogP contribution < -0.4 is 10.5 Å². The van der Waals surface area contributed by atoms with Crippen molar-refractivity contribution in [2.75, 3.05) is 20.0 Å². The molecule has 8 nitrogen and oxygen atoms in total. The molecule has 0 bridgehead atoms. The molecule has 726 valence electrons. The van der Waals surface area contributed by atoms with Gasteiger partial charge in [-0.3, -0.25) is 4.79 Å². The van der Waals surface area contributed by atoms with E-state index in [2.05, 4.69) is 409 Å². The monoisotopic (exact) mass is 1800 g/mol. The lowest BCUT2D eigenvalue weighted by Crippen LogP contribution is -2.17. The molecule has 0 fully saturated rings. The average Bonchev–Trinajstić information content (AvgIpc) is 0.792. The highest BCUT2D eigenvalue weighted by molar-refractivity contribution is 5.96. The first kappa shape index (κ1) is 120. The molecule has 132 heavy (non-hydrogen) atoms. The maximum absolute atomic E-state index is 11.5. The number of aromatic carboxylic acids is 1. The van der Waals surface area contributed by atoms with Gasteiger partial charge in [0.2, 0.25) is 0 Å². The van der Waals surface area contributed by atoms with Crippen molar-refractivity contribution in [2.45, 2.75) is 391 Å². The smallest absolute Gasteiger partial charge is 0.338 e. The van der Waals surface area contributed by atoms with Gasteiger partial charge in [-0.2, -0.15) is 0 Å². The Bertz CT molecular complexity index is 5030. The Balaban J connectivity index is 0.000000734. The Morgan fingerprint density at radius 2 is 0.674 bits per heavy atom. The molecular formula is C124H183NO7. The number of esters is 1. The van der Waals surface area contributed by atoms with Gasteiger partial charge in [0.15, 0.2) is 5.78 Å². The highest BCUT2D eigenvalue weighted by atomic mass is 16.5. The van der Waals surface area contributed by atoms with E-state index in [-0.39, 0.29) is 78.1 Å². The number of benzene rings is 10. The van der Waals surface area contributed by atoms with Crippen LogP contribution in [0.5, 0.6) is 5.75 Å². The van der Waals surface area contributed by atoms with Crippen LogP contribution in [0.25, 0.3) is 0 Å². The molecule has 10 aromatic rings. The predicted octanol–water partition coefficient (Wildman–Crippen LogP) is 34.0. The molecule has 0 spiro atoms. The van der Waals surface area contributed by atoms with E-state index >= 15 is 0 Å². The first-order chi connectivity index (χ1) is 60.2. The van der Waals surface area contributed by atoms with Crippen molar-refractivity contribution in [3.8, 4) is 5.75 Å². The normalized spacial score (nSPS) is 11.6. The number of anilines is 1. The summed E-state index contributed by atoms with van der Waals surface area (Å²) in [5.41, 5.74) is 39.9. The molecule has 0 heterocycles. The van der Waals surface area contributed by atoms with E-state index in [0.29, 0.717) is 23.5 Å². The topological polar surface area (TPSA) is 136 Å². The van der Waals surface area contributed by atoms with E-state index in [1.165, 1.54) is 119 Å². The van der Waals surface area contributed by atoms with Crippen LogP contribution >= 0.6 is 0 Å². The zero-order valence-electron chi connectivity index (χ0n) is 91.9. The number of aliphatic hydroxyl groups is 1. The zero-order chi connectivity index (χ0) is 102. The van der Waals surface area contributed by atoms with Crippen molar-refractivity contribution >= 4 is 23.4 Å². The largest absolute Gasteiger partial charge is 0.496 e. The van der Waals surface area contributed by atoms with Gasteiger partial charge in [-0.25, -0.2) is 9.59 Å². The van der Waals surface area contributed by atoms with Crippen molar-refractivity contribution in [2.24, 2.45) is 0 Å². The number of carboxylic acids is 1. The number of nitrogens with two attached hydrogens (primary N) is 1. The molecule has 10 rings (SSSR count). The summed E-state index contributed by atoms with van der Waals surface area (Å²) >= 11 is 0.